The van der Waals surface area contributed by atoms with Gasteiger partial charge in [-0.2, -0.15) is 0 Å². The van der Waals surface area contributed by atoms with E-state index in [0.717, 1.165) is 18.5 Å². The number of H-pyrrole nitrogens is 1. The summed E-state index contributed by atoms with van der Waals surface area (Å²) in [4.78, 5) is 25.5. The Morgan fingerprint density at radius 1 is 1.43 bits per heavy atom. The van der Waals surface area contributed by atoms with Crippen LogP contribution in [0.3, 0.4) is 0 Å². The zero-order valence-corrected chi connectivity index (χ0v) is 12.5. The molecule has 0 spiro atoms. The Morgan fingerprint density at radius 2 is 2.14 bits per heavy atom. The lowest BCUT2D eigenvalue weighted by atomic mass is 10.3. The number of aromatic amines is 1. The number of amides is 1. The van der Waals surface area contributed by atoms with Gasteiger partial charge in [0.2, 0.25) is 5.91 Å². The molecule has 1 saturated carbocycles. The predicted octanol–water partition coefficient (Wildman–Crippen LogP) is 1.66. The summed E-state index contributed by atoms with van der Waals surface area (Å²) in [6.45, 7) is 0. The van der Waals surface area contributed by atoms with Gasteiger partial charge in [0, 0.05) is 18.8 Å². The van der Waals surface area contributed by atoms with Crippen molar-refractivity contribution in [2.75, 3.05) is 17.7 Å². The molecule has 1 fully saturated rings. The molecule has 3 rings (SSSR count). The molecule has 2 aromatic rings. The molecule has 0 radical (unpaired) electrons. The van der Waals surface area contributed by atoms with E-state index in [-0.39, 0.29) is 23.4 Å². The summed E-state index contributed by atoms with van der Waals surface area (Å²) in [7, 11) is 1.75. The number of anilines is 1. The summed E-state index contributed by atoms with van der Waals surface area (Å²) in [6, 6.07) is 9.72. The minimum Gasteiger partial charge on any atom is -0.315 e. The smallest absolute Gasteiger partial charge is 0.315 e. The quantitative estimate of drug-likeness (QED) is 0.853. The SMILES string of the molecule is CN(C(=O)CSc1n[nH]c(=O)n1C1CC1)c1ccccc1. The van der Waals surface area contributed by atoms with Gasteiger partial charge in [-0.25, -0.2) is 9.89 Å². The molecule has 0 bridgehead atoms. The van der Waals surface area contributed by atoms with Crippen molar-refractivity contribution >= 4 is 23.4 Å². The van der Waals surface area contributed by atoms with Crippen LogP contribution in [0.1, 0.15) is 18.9 Å². The largest absolute Gasteiger partial charge is 0.344 e. The molecule has 0 saturated heterocycles. The van der Waals surface area contributed by atoms with Crippen molar-refractivity contribution in [2.45, 2.75) is 24.0 Å². The van der Waals surface area contributed by atoms with Crippen molar-refractivity contribution in [3.63, 3.8) is 0 Å². The average Bonchev–Trinajstić information content (AvgIpc) is 3.28. The molecule has 1 amide bonds. The van der Waals surface area contributed by atoms with E-state index in [0.29, 0.717) is 5.16 Å². The maximum absolute atomic E-state index is 12.2. The van der Waals surface area contributed by atoms with E-state index in [9.17, 15) is 9.59 Å². The van der Waals surface area contributed by atoms with Gasteiger partial charge in [0.1, 0.15) is 0 Å². The van der Waals surface area contributed by atoms with Crippen LogP contribution in [0, 0.1) is 0 Å². The second-order valence-electron chi connectivity index (χ2n) is 4.99. The number of para-hydroxylation sites is 1. The van der Waals surface area contributed by atoms with E-state index >= 15 is 0 Å². The Balaban J connectivity index is 1.65. The Bertz CT molecular complexity index is 690. The summed E-state index contributed by atoms with van der Waals surface area (Å²) in [6.07, 6.45) is 2.01. The summed E-state index contributed by atoms with van der Waals surface area (Å²) in [5.74, 6) is 0.228. The minimum absolute atomic E-state index is 0.0241. The highest BCUT2D eigenvalue weighted by molar-refractivity contribution is 7.99. The fourth-order valence-corrected chi connectivity index (χ4v) is 2.99. The Hall–Kier alpha value is -2.02. The van der Waals surface area contributed by atoms with Crippen molar-refractivity contribution in [3.8, 4) is 0 Å². The van der Waals surface area contributed by atoms with E-state index in [1.165, 1.54) is 11.8 Å². The highest BCUT2D eigenvalue weighted by atomic mass is 32.2. The fraction of sp³-hybridized carbons (Fsp3) is 0.357. The number of nitrogens with one attached hydrogen (secondary N) is 1. The number of carbonyl (C=O) groups is 1. The van der Waals surface area contributed by atoms with Crippen LogP contribution < -0.4 is 10.6 Å². The third-order valence-corrected chi connectivity index (χ3v) is 4.36. The number of rotatable bonds is 5. The Kier molecular flexibility index (Phi) is 3.83. The number of carbonyl (C=O) groups excluding carboxylic acids is 1. The molecule has 6 nitrogen and oxygen atoms in total. The van der Waals surface area contributed by atoms with Crippen LogP contribution in [0.15, 0.2) is 40.3 Å². The third-order valence-electron chi connectivity index (χ3n) is 3.43. The van der Waals surface area contributed by atoms with Crippen LogP contribution in [-0.2, 0) is 4.79 Å². The maximum atomic E-state index is 12.2. The van der Waals surface area contributed by atoms with E-state index < -0.39 is 0 Å². The monoisotopic (exact) mass is 304 g/mol. The molecule has 7 heteroatoms. The molecular formula is C14H16N4O2S. The van der Waals surface area contributed by atoms with E-state index in [4.69, 9.17) is 0 Å². The zero-order valence-electron chi connectivity index (χ0n) is 11.7. The van der Waals surface area contributed by atoms with Crippen LogP contribution in [-0.4, -0.2) is 33.5 Å². The molecule has 21 heavy (non-hydrogen) atoms. The van der Waals surface area contributed by atoms with Gasteiger partial charge in [0.25, 0.3) is 0 Å². The van der Waals surface area contributed by atoms with Gasteiger partial charge in [-0.15, -0.1) is 5.10 Å². The molecule has 0 atom stereocenters. The molecular weight excluding hydrogens is 288 g/mol. The number of thioether (sulfide) groups is 1. The average molecular weight is 304 g/mol. The first-order chi connectivity index (χ1) is 10.2. The minimum atomic E-state index is -0.191. The summed E-state index contributed by atoms with van der Waals surface area (Å²) < 4.78 is 1.65. The van der Waals surface area contributed by atoms with Crippen LogP contribution in [0.5, 0.6) is 0 Å². The molecule has 1 aromatic carbocycles. The Morgan fingerprint density at radius 3 is 2.81 bits per heavy atom. The lowest BCUT2D eigenvalue weighted by Crippen LogP contribution is -2.28. The van der Waals surface area contributed by atoms with E-state index in [1.807, 2.05) is 30.3 Å². The predicted molar refractivity (Wildman–Crippen MR) is 81.7 cm³/mol. The van der Waals surface area contributed by atoms with E-state index in [1.54, 1.807) is 16.5 Å². The third kappa shape index (κ3) is 3.02. The standard InChI is InChI=1S/C14H16N4O2S/c1-17(10-5-3-2-4-6-10)12(19)9-21-14-16-15-13(20)18(14)11-7-8-11/h2-6,11H,7-9H2,1H3,(H,15,20). The van der Waals surface area contributed by atoms with Crippen LogP contribution >= 0.6 is 11.8 Å². The highest BCUT2D eigenvalue weighted by Crippen LogP contribution is 2.36. The lowest BCUT2D eigenvalue weighted by molar-refractivity contribution is -0.115. The first-order valence-electron chi connectivity index (χ1n) is 6.78. The zero-order chi connectivity index (χ0) is 14.8. The van der Waals surface area contributed by atoms with Crippen molar-refractivity contribution in [3.05, 3.63) is 40.8 Å². The number of benzene rings is 1. The van der Waals surface area contributed by atoms with Crippen molar-refractivity contribution in [1.29, 1.82) is 0 Å². The molecule has 0 unspecified atom stereocenters. The molecule has 110 valence electrons. The van der Waals surface area contributed by atoms with Gasteiger partial charge in [-0.1, -0.05) is 30.0 Å². The van der Waals surface area contributed by atoms with Crippen LogP contribution in [0.2, 0.25) is 0 Å². The van der Waals surface area contributed by atoms with E-state index in [2.05, 4.69) is 10.2 Å². The van der Waals surface area contributed by atoms with Crippen molar-refractivity contribution < 1.29 is 4.79 Å². The van der Waals surface area contributed by atoms with Gasteiger partial charge in [0.15, 0.2) is 5.16 Å². The topological polar surface area (TPSA) is 71.0 Å². The van der Waals surface area contributed by atoms with Gasteiger partial charge in [-0.05, 0) is 25.0 Å². The first-order valence-corrected chi connectivity index (χ1v) is 7.76. The molecule has 1 heterocycles. The van der Waals surface area contributed by atoms with Gasteiger partial charge in [-0.3, -0.25) is 9.36 Å². The van der Waals surface area contributed by atoms with Gasteiger partial charge < -0.3 is 4.90 Å². The molecule has 1 aliphatic carbocycles. The molecule has 1 N–H and O–H groups in total. The lowest BCUT2D eigenvalue weighted by Gasteiger charge is -2.16. The van der Waals surface area contributed by atoms with Crippen molar-refractivity contribution in [2.24, 2.45) is 0 Å². The number of nitrogens with zero attached hydrogens (tertiary/aromatic N) is 3. The number of hydrogen-bond acceptors (Lipinski definition) is 4. The summed E-state index contributed by atoms with van der Waals surface area (Å²) in [5, 5.41) is 7.05. The van der Waals surface area contributed by atoms with Gasteiger partial charge >= 0.3 is 5.69 Å². The molecule has 0 aliphatic heterocycles. The van der Waals surface area contributed by atoms with Gasteiger partial charge in [0.05, 0.1) is 5.75 Å². The second-order valence-corrected chi connectivity index (χ2v) is 5.93. The highest BCUT2D eigenvalue weighted by Gasteiger charge is 2.28. The number of aromatic nitrogens is 3. The normalized spacial score (nSPS) is 14.1. The number of hydrogen-bond donors (Lipinski definition) is 1. The molecule has 1 aliphatic rings. The fourth-order valence-electron chi connectivity index (χ4n) is 2.07. The summed E-state index contributed by atoms with van der Waals surface area (Å²) >= 11 is 1.30. The van der Waals surface area contributed by atoms with Crippen LogP contribution in [0.4, 0.5) is 5.69 Å². The first kappa shape index (κ1) is 13.9. The van der Waals surface area contributed by atoms with Crippen molar-refractivity contribution in [1.82, 2.24) is 14.8 Å². The second kappa shape index (κ2) is 5.77. The Labute approximate surface area is 126 Å². The molecule has 1 aromatic heterocycles. The maximum Gasteiger partial charge on any atom is 0.344 e. The summed E-state index contributed by atoms with van der Waals surface area (Å²) in [5.41, 5.74) is 0.661. The van der Waals surface area contributed by atoms with Crippen LogP contribution in [0.25, 0.3) is 0 Å².